The van der Waals surface area contributed by atoms with Crippen molar-refractivity contribution in [2.24, 2.45) is 4.99 Å². The number of H-pyrrole nitrogens is 1. The van der Waals surface area contributed by atoms with E-state index in [0.717, 1.165) is 25.5 Å². The molecule has 2 heterocycles. The van der Waals surface area contributed by atoms with Gasteiger partial charge in [0.2, 0.25) is 0 Å². The molecule has 25 heavy (non-hydrogen) atoms. The zero-order valence-electron chi connectivity index (χ0n) is 15.4. The molecule has 2 aromatic rings. The van der Waals surface area contributed by atoms with Gasteiger partial charge in [-0.15, -0.1) is 0 Å². The van der Waals surface area contributed by atoms with Gasteiger partial charge in [0.1, 0.15) is 0 Å². The van der Waals surface area contributed by atoms with Gasteiger partial charge in [0.15, 0.2) is 5.96 Å². The van der Waals surface area contributed by atoms with Crippen molar-refractivity contribution in [3.05, 3.63) is 36.0 Å². The highest BCUT2D eigenvalue weighted by atomic mass is 15.2. The van der Waals surface area contributed by atoms with Crippen molar-refractivity contribution in [2.45, 2.75) is 38.6 Å². The van der Waals surface area contributed by atoms with E-state index in [9.17, 15) is 0 Å². The lowest BCUT2D eigenvalue weighted by Crippen LogP contribution is -2.38. The molecule has 0 aliphatic carbocycles. The molecule has 0 spiro atoms. The van der Waals surface area contributed by atoms with Crippen LogP contribution in [0.4, 0.5) is 0 Å². The first-order valence-corrected chi connectivity index (χ1v) is 9.58. The number of rotatable bonds is 6. The number of nitrogens with zero attached hydrogens (tertiary/aromatic N) is 2. The zero-order chi connectivity index (χ0) is 17.3. The molecule has 1 aromatic heterocycles. The number of fused-ring (bicyclic) bond motifs is 1. The molecular weight excluding hydrogens is 310 g/mol. The van der Waals surface area contributed by atoms with Crippen LogP contribution in [0.1, 0.15) is 37.8 Å². The highest BCUT2D eigenvalue weighted by Gasteiger charge is 2.08. The maximum atomic E-state index is 4.32. The summed E-state index contributed by atoms with van der Waals surface area (Å²) in [5.74, 6) is 0.870. The molecule has 136 valence electrons. The van der Waals surface area contributed by atoms with Crippen LogP contribution in [0.5, 0.6) is 0 Å². The summed E-state index contributed by atoms with van der Waals surface area (Å²) in [5, 5.41) is 8.07. The van der Waals surface area contributed by atoms with Crippen molar-refractivity contribution in [2.75, 3.05) is 33.2 Å². The number of hydrogen-bond donors (Lipinski definition) is 3. The van der Waals surface area contributed by atoms with E-state index in [1.807, 2.05) is 7.05 Å². The highest BCUT2D eigenvalue weighted by molar-refractivity contribution is 5.81. The lowest BCUT2D eigenvalue weighted by Gasteiger charge is -2.20. The second-order valence-corrected chi connectivity index (χ2v) is 6.84. The lowest BCUT2D eigenvalue weighted by molar-refractivity contribution is 0.282. The van der Waals surface area contributed by atoms with Gasteiger partial charge in [-0.2, -0.15) is 0 Å². The largest absolute Gasteiger partial charge is 0.357 e. The third-order valence-electron chi connectivity index (χ3n) is 4.90. The Balaban J connectivity index is 1.37. The highest BCUT2D eigenvalue weighted by Crippen LogP contribution is 2.14. The van der Waals surface area contributed by atoms with Gasteiger partial charge >= 0.3 is 0 Å². The molecule has 1 aliphatic heterocycles. The van der Waals surface area contributed by atoms with E-state index in [0.29, 0.717) is 0 Å². The summed E-state index contributed by atoms with van der Waals surface area (Å²) in [5.41, 5.74) is 2.36. The number of aromatic nitrogens is 1. The van der Waals surface area contributed by atoms with E-state index in [2.05, 4.69) is 55.8 Å². The quantitative estimate of drug-likeness (QED) is 0.430. The maximum Gasteiger partial charge on any atom is 0.191 e. The number of hydrogen-bond acceptors (Lipinski definition) is 2. The van der Waals surface area contributed by atoms with Gasteiger partial charge in [0.25, 0.3) is 0 Å². The van der Waals surface area contributed by atoms with Gasteiger partial charge in [-0.25, -0.2) is 0 Å². The summed E-state index contributed by atoms with van der Waals surface area (Å²) in [6.45, 7) is 5.44. The third-order valence-corrected chi connectivity index (χ3v) is 4.90. The summed E-state index contributed by atoms with van der Waals surface area (Å²) in [6.07, 6.45) is 6.69. The van der Waals surface area contributed by atoms with Crippen LogP contribution in [-0.4, -0.2) is 49.1 Å². The minimum absolute atomic E-state index is 0.750. The van der Waals surface area contributed by atoms with Crippen molar-refractivity contribution in [3.63, 3.8) is 0 Å². The molecule has 1 saturated heterocycles. The van der Waals surface area contributed by atoms with Gasteiger partial charge in [-0.05, 0) is 56.4 Å². The number of aliphatic imine (C=N–C) groups is 1. The Kier molecular flexibility index (Phi) is 6.74. The fourth-order valence-corrected chi connectivity index (χ4v) is 3.50. The molecule has 1 aromatic carbocycles. The minimum Gasteiger partial charge on any atom is -0.357 e. The summed E-state index contributed by atoms with van der Waals surface area (Å²) in [7, 11) is 1.83. The van der Waals surface area contributed by atoms with Crippen LogP contribution in [0.25, 0.3) is 10.9 Å². The number of likely N-dealkylation sites (tertiary alicyclic amines) is 1. The Labute approximate surface area is 150 Å². The Hall–Kier alpha value is -2.01. The number of benzene rings is 1. The van der Waals surface area contributed by atoms with E-state index in [4.69, 9.17) is 0 Å². The van der Waals surface area contributed by atoms with E-state index < -0.39 is 0 Å². The maximum absolute atomic E-state index is 4.32. The first-order valence-electron chi connectivity index (χ1n) is 9.58. The second-order valence-electron chi connectivity index (χ2n) is 6.84. The number of para-hydroxylation sites is 1. The second kappa shape index (κ2) is 9.47. The van der Waals surface area contributed by atoms with Crippen LogP contribution in [0.2, 0.25) is 0 Å². The molecule has 1 fully saturated rings. The van der Waals surface area contributed by atoms with E-state index in [1.54, 1.807) is 0 Å². The molecule has 0 unspecified atom stereocenters. The van der Waals surface area contributed by atoms with Gasteiger partial charge in [-0.3, -0.25) is 4.99 Å². The summed E-state index contributed by atoms with van der Waals surface area (Å²) in [6, 6.07) is 10.5. The average Bonchev–Trinajstić information content (AvgIpc) is 2.88. The summed E-state index contributed by atoms with van der Waals surface area (Å²) < 4.78 is 0. The molecule has 0 radical (unpaired) electrons. The monoisotopic (exact) mass is 341 g/mol. The van der Waals surface area contributed by atoms with E-state index >= 15 is 0 Å². The zero-order valence-corrected chi connectivity index (χ0v) is 15.4. The minimum atomic E-state index is 0.750. The van der Waals surface area contributed by atoms with Crippen LogP contribution in [0.15, 0.2) is 35.3 Å². The number of nitrogens with one attached hydrogen (secondary N) is 3. The molecule has 0 amide bonds. The molecule has 3 N–H and O–H groups in total. The first-order chi connectivity index (χ1) is 12.3. The lowest BCUT2D eigenvalue weighted by atomic mass is 10.2. The first kappa shape index (κ1) is 17.8. The predicted octanol–water partition coefficient (Wildman–Crippen LogP) is 3.10. The van der Waals surface area contributed by atoms with E-state index in [1.165, 1.54) is 61.9 Å². The smallest absolute Gasteiger partial charge is 0.191 e. The molecule has 0 bridgehead atoms. The van der Waals surface area contributed by atoms with Crippen molar-refractivity contribution < 1.29 is 0 Å². The SMILES string of the molecule is CN=C(NCCCN1CCCCCC1)NCc1cc2ccccc2[nH]1. The van der Waals surface area contributed by atoms with Crippen LogP contribution >= 0.6 is 0 Å². The van der Waals surface area contributed by atoms with Crippen LogP contribution in [0.3, 0.4) is 0 Å². The molecule has 5 nitrogen and oxygen atoms in total. The standard InChI is InChI=1S/C20H31N5/c1-21-20(22-11-8-14-25-12-6-2-3-7-13-25)23-16-18-15-17-9-4-5-10-19(17)24-18/h4-5,9-10,15,24H,2-3,6-8,11-14,16H2,1H3,(H2,21,22,23). The Bertz CT molecular complexity index is 635. The Morgan fingerprint density at radius 3 is 2.68 bits per heavy atom. The molecule has 0 saturated carbocycles. The van der Waals surface area contributed by atoms with Crippen molar-refractivity contribution in [3.8, 4) is 0 Å². The molecule has 0 atom stereocenters. The normalized spacial score (nSPS) is 16.8. The van der Waals surface area contributed by atoms with Crippen molar-refractivity contribution in [1.29, 1.82) is 0 Å². The number of guanidine groups is 1. The average molecular weight is 342 g/mol. The fourth-order valence-electron chi connectivity index (χ4n) is 3.50. The van der Waals surface area contributed by atoms with Gasteiger partial charge in [-0.1, -0.05) is 31.0 Å². The van der Waals surface area contributed by atoms with Crippen LogP contribution in [-0.2, 0) is 6.54 Å². The fraction of sp³-hybridized carbons (Fsp3) is 0.550. The Morgan fingerprint density at radius 2 is 1.92 bits per heavy atom. The number of aromatic amines is 1. The molecule has 3 rings (SSSR count). The summed E-state index contributed by atoms with van der Waals surface area (Å²) in [4.78, 5) is 10.4. The van der Waals surface area contributed by atoms with Gasteiger partial charge in [0.05, 0.1) is 6.54 Å². The molecule has 1 aliphatic rings. The molecular formula is C20H31N5. The van der Waals surface area contributed by atoms with Crippen molar-refractivity contribution >= 4 is 16.9 Å². The Morgan fingerprint density at radius 1 is 1.12 bits per heavy atom. The molecule has 5 heteroatoms. The van der Waals surface area contributed by atoms with Gasteiger partial charge < -0.3 is 20.5 Å². The van der Waals surface area contributed by atoms with E-state index in [-0.39, 0.29) is 0 Å². The predicted molar refractivity (Wildman–Crippen MR) is 106 cm³/mol. The third kappa shape index (κ3) is 5.49. The van der Waals surface area contributed by atoms with Crippen LogP contribution < -0.4 is 10.6 Å². The van der Waals surface area contributed by atoms with Gasteiger partial charge in [0, 0.05) is 24.8 Å². The topological polar surface area (TPSA) is 55.5 Å². The van der Waals surface area contributed by atoms with Crippen molar-refractivity contribution in [1.82, 2.24) is 20.5 Å². The van der Waals surface area contributed by atoms with Crippen LogP contribution in [0, 0.1) is 0 Å². The summed E-state index contributed by atoms with van der Waals surface area (Å²) >= 11 is 0.